The van der Waals surface area contributed by atoms with Crippen molar-refractivity contribution in [2.45, 2.75) is 83.8 Å². The van der Waals surface area contributed by atoms with Crippen LogP contribution < -0.4 is 0 Å². The summed E-state index contributed by atoms with van der Waals surface area (Å²) in [5.41, 5.74) is -1.49. The highest BCUT2D eigenvalue weighted by molar-refractivity contribution is 4.81. The molecule has 0 fully saturated rings. The molecule has 0 radical (unpaired) electrons. The van der Waals surface area contributed by atoms with Gasteiger partial charge in [-0.3, -0.25) is 0 Å². The lowest BCUT2D eigenvalue weighted by Crippen LogP contribution is -2.35. The Kier molecular flexibility index (Phi) is 6.46. The summed E-state index contributed by atoms with van der Waals surface area (Å²) in [6.07, 6.45) is 7.29. The summed E-state index contributed by atoms with van der Waals surface area (Å²) in [6, 6.07) is 0. The average molecular weight is 216 g/mol. The summed E-state index contributed by atoms with van der Waals surface area (Å²) >= 11 is 0. The molecule has 2 heteroatoms. The molecule has 1 unspecified atom stereocenters. The third-order valence-corrected chi connectivity index (χ3v) is 2.63. The molecule has 0 rings (SSSR count). The lowest BCUT2D eigenvalue weighted by Gasteiger charge is -2.30. The van der Waals surface area contributed by atoms with Crippen LogP contribution in [0.2, 0.25) is 0 Å². The molecule has 92 valence electrons. The van der Waals surface area contributed by atoms with Gasteiger partial charge in [0.25, 0.3) is 0 Å². The molecule has 1 atom stereocenters. The summed E-state index contributed by atoms with van der Waals surface area (Å²) in [6.45, 7) is 7.52. The molecule has 2 nitrogen and oxygen atoms in total. The lowest BCUT2D eigenvalue weighted by atomic mass is 9.87. The standard InChI is InChI=1S/C13H28O2/c1-5-6-7-8-9-10-13(4,15)11-12(2,3)14/h14-15H,5-11H2,1-4H3. The summed E-state index contributed by atoms with van der Waals surface area (Å²) in [5, 5.41) is 19.7. The Labute approximate surface area is 94.7 Å². The van der Waals surface area contributed by atoms with Gasteiger partial charge in [0.2, 0.25) is 0 Å². The van der Waals surface area contributed by atoms with E-state index in [1.54, 1.807) is 13.8 Å². The van der Waals surface area contributed by atoms with E-state index in [1.165, 1.54) is 25.7 Å². The van der Waals surface area contributed by atoms with Crippen molar-refractivity contribution in [3.63, 3.8) is 0 Å². The molecular formula is C13H28O2. The van der Waals surface area contributed by atoms with Crippen molar-refractivity contribution < 1.29 is 10.2 Å². The minimum absolute atomic E-state index is 0.452. The van der Waals surface area contributed by atoms with Crippen molar-refractivity contribution in [1.29, 1.82) is 0 Å². The first kappa shape index (κ1) is 14.9. The van der Waals surface area contributed by atoms with Gasteiger partial charge >= 0.3 is 0 Å². The van der Waals surface area contributed by atoms with Crippen LogP contribution in [0.3, 0.4) is 0 Å². The molecule has 0 aliphatic heterocycles. The van der Waals surface area contributed by atoms with Crippen molar-refractivity contribution in [2.24, 2.45) is 0 Å². The highest BCUT2D eigenvalue weighted by Gasteiger charge is 2.28. The molecule has 0 aromatic heterocycles. The lowest BCUT2D eigenvalue weighted by molar-refractivity contribution is -0.0409. The molecule has 0 heterocycles. The van der Waals surface area contributed by atoms with Crippen molar-refractivity contribution in [3.8, 4) is 0 Å². The van der Waals surface area contributed by atoms with Crippen molar-refractivity contribution in [2.75, 3.05) is 0 Å². The molecule has 0 saturated heterocycles. The molecule has 0 aliphatic carbocycles. The van der Waals surface area contributed by atoms with Crippen molar-refractivity contribution in [1.82, 2.24) is 0 Å². The van der Waals surface area contributed by atoms with Crippen LogP contribution in [0.4, 0.5) is 0 Å². The highest BCUT2D eigenvalue weighted by Crippen LogP contribution is 2.25. The predicted molar refractivity (Wildman–Crippen MR) is 64.9 cm³/mol. The van der Waals surface area contributed by atoms with Gasteiger partial charge in [0, 0.05) is 6.42 Å². The van der Waals surface area contributed by atoms with E-state index >= 15 is 0 Å². The monoisotopic (exact) mass is 216 g/mol. The third kappa shape index (κ3) is 10.2. The maximum Gasteiger partial charge on any atom is 0.0646 e. The molecule has 0 amide bonds. The predicted octanol–water partition coefficient (Wildman–Crippen LogP) is 3.26. The Morgan fingerprint density at radius 1 is 0.867 bits per heavy atom. The number of aliphatic hydroxyl groups is 2. The zero-order chi connectivity index (χ0) is 11.9. The molecule has 0 aliphatic rings. The van der Waals surface area contributed by atoms with Gasteiger partial charge in [-0.25, -0.2) is 0 Å². The van der Waals surface area contributed by atoms with E-state index in [-0.39, 0.29) is 0 Å². The highest BCUT2D eigenvalue weighted by atomic mass is 16.3. The minimum atomic E-state index is -0.771. The Hall–Kier alpha value is -0.0800. The Morgan fingerprint density at radius 2 is 1.40 bits per heavy atom. The van der Waals surface area contributed by atoms with E-state index in [9.17, 15) is 10.2 Å². The third-order valence-electron chi connectivity index (χ3n) is 2.63. The topological polar surface area (TPSA) is 40.5 Å². The van der Waals surface area contributed by atoms with Crippen LogP contribution in [0.25, 0.3) is 0 Å². The number of unbranched alkanes of at least 4 members (excludes halogenated alkanes) is 4. The summed E-state index contributed by atoms with van der Waals surface area (Å²) in [7, 11) is 0. The molecular weight excluding hydrogens is 188 g/mol. The number of hydrogen-bond acceptors (Lipinski definition) is 2. The van der Waals surface area contributed by atoms with E-state index in [0.29, 0.717) is 6.42 Å². The van der Waals surface area contributed by atoms with Crippen LogP contribution in [0, 0.1) is 0 Å². The van der Waals surface area contributed by atoms with Crippen LogP contribution in [-0.4, -0.2) is 21.4 Å². The van der Waals surface area contributed by atoms with Crippen LogP contribution in [-0.2, 0) is 0 Å². The van der Waals surface area contributed by atoms with E-state index < -0.39 is 11.2 Å². The van der Waals surface area contributed by atoms with Crippen molar-refractivity contribution >= 4 is 0 Å². The van der Waals surface area contributed by atoms with Crippen LogP contribution >= 0.6 is 0 Å². The van der Waals surface area contributed by atoms with Crippen LogP contribution in [0.1, 0.15) is 72.6 Å². The molecule has 2 N–H and O–H groups in total. The van der Waals surface area contributed by atoms with E-state index in [4.69, 9.17) is 0 Å². The first-order valence-electron chi connectivity index (χ1n) is 6.21. The van der Waals surface area contributed by atoms with Gasteiger partial charge < -0.3 is 10.2 Å². The Bertz CT molecular complexity index is 156. The van der Waals surface area contributed by atoms with E-state index in [0.717, 1.165) is 12.8 Å². The van der Waals surface area contributed by atoms with Gasteiger partial charge in [-0.2, -0.15) is 0 Å². The Morgan fingerprint density at radius 3 is 1.87 bits per heavy atom. The zero-order valence-electron chi connectivity index (χ0n) is 10.8. The average Bonchev–Trinajstić information content (AvgIpc) is 1.99. The van der Waals surface area contributed by atoms with Gasteiger partial charge in [0.05, 0.1) is 11.2 Å². The first-order valence-corrected chi connectivity index (χ1v) is 6.21. The van der Waals surface area contributed by atoms with Crippen LogP contribution in [0.15, 0.2) is 0 Å². The summed E-state index contributed by atoms with van der Waals surface area (Å²) in [4.78, 5) is 0. The largest absolute Gasteiger partial charge is 0.390 e. The quantitative estimate of drug-likeness (QED) is 0.611. The molecule has 0 bridgehead atoms. The second-order valence-electron chi connectivity index (χ2n) is 5.65. The molecule has 15 heavy (non-hydrogen) atoms. The fourth-order valence-corrected chi connectivity index (χ4v) is 2.13. The minimum Gasteiger partial charge on any atom is -0.390 e. The molecule has 0 aromatic rings. The first-order chi connectivity index (χ1) is 6.77. The van der Waals surface area contributed by atoms with E-state index in [2.05, 4.69) is 6.92 Å². The molecule has 0 spiro atoms. The van der Waals surface area contributed by atoms with Crippen molar-refractivity contribution in [3.05, 3.63) is 0 Å². The second kappa shape index (κ2) is 6.49. The summed E-state index contributed by atoms with van der Waals surface area (Å²) < 4.78 is 0. The SMILES string of the molecule is CCCCCCCC(C)(O)CC(C)(C)O. The smallest absolute Gasteiger partial charge is 0.0646 e. The molecule has 0 aromatic carbocycles. The number of hydrogen-bond donors (Lipinski definition) is 2. The fraction of sp³-hybridized carbons (Fsp3) is 1.00. The van der Waals surface area contributed by atoms with Gasteiger partial charge in [-0.1, -0.05) is 39.0 Å². The number of rotatable bonds is 8. The maximum atomic E-state index is 10.0. The fourth-order valence-electron chi connectivity index (χ4n) is 2.13. The normalized spacial score (nSPS) is 16.4. The Balaban J connectivity index is 3.65. The summed E-state index contributed by atoms with van der Waals surface area (Å²) in [5.74, 6) is 0. The van der Waals surface area contributed by atoms with Gasteiger partial charge in [-0.05, 0) is 27.2 Å². The second-order valence-corrected chi connectivity index (χ2v) is 5.65. The van der Waals surface area contributed by atoms with Gasteiger partial charge in [0.15, 0.2) is 0 Å². The zero-order valence-corrected chi connectivity index (χ0v) is 10.8. The van der Waals surface area contributed by atoms with Gasteiger partial charge in [-0.15, -0.1) is 0 Å². The van der Waals surface area contributed by atoms with Crippen LogP contribution in [0.5, 0.6) is 0 Å². The molecule has 0 saturated carbocycles. The van der Waals surface area contributed by atoms with E-state index in [1.807, 2.05) is 6.92 Å². The maximum absolute atomic E-state index is 10.0. The van der Waals surface area contributed by atoms with Gasteiger partial charge in [0.1, 0.15) is 0 Å².